The summed E-state index contributed by atoms with van der Waals surface area (Å²) in [6.07, 6.45) is 8.98. The van der Waals surface area contributed by atoms with Gasteiger partial charge in [0.2, 0.25) is 0 Å². The van der Waals surface area contributed by atoms with Gasteiger partial charge in [-0.2, -0.15) is 0 Å². The quantitative estimate of drug-likeness (QED) is 0.638. The smallest absolute Gasteiger partial charge is 0.133 e. The molecule has 0 unspecified atom stereocenters. The molecule has 80 valence electrons. The highest BCUT2D eigenvalue weighted by Crippen LogP contribution is 2.18. The largest absolute Gasteiger partial charge is 0.303 e. The summed E-state index contributed by atoms with van der Waals surface area (Å²) in [5.41, 5.74) is 2.51. The zero-order valence-corrected chi connectivity index (χ0v) is 8.78. The minimum absolute atomic E-state index is 0.771. The van der Waals surface area contributed by atoms with Crippen LogP contribution in [0.5, 0.6) is 0 Å². The van der Waals surface area contributed by atoms with E-state index in [0.29, 0.717) is 0 Å². The molecule has 6 heteroatoms. The summed E-state index contributed by atoms with van der Waals surface area (Å²) >= 11 is 0. The van der Waals surface area contributed by atoms with Crippen LogP contribution >= 0.6 is 0 Å². The Morgan fingerprint density at radius 1 is 1.38 bits per heavy atom. The van der Waals surface area contributed by atoms with E-state index in [4.69, 9.17) is 0 Å². The zero-order valence-electron chi connectivity index (χ0n) is 8.78. The van der Waals surface area contributed by atoms with Gasteiger partial charge in [0.1, 0.15) is 11.4 Å². The molecule has 16 heavy (non-hydrogen) atoms. The van der Waals surface area contributed by atoms with Crippen LogP contribution in [0.4, 0.5) is 0 Å². The number of nitrogens with zero attached hydrogens (tertiary/aromatic N) is 6. The van der Waals surface area contributed by atoms with Gasteiger partial charge in [0.25, 0.3) is 0 Å². The van der Waals surface area contributed by atoms with Gasteiger partial charge in [-0.3, -0.25) is 9.67 Å². The van der Waals surface area contributed by atoms with Gasteiger partial charge in [0, 0.05) is 18.9 Å². The molecule has 0 spiro atoms. The van der Waals surface area contributed by atoms with E-state index >= 15 is 0 Å². The van der Waals surface area contributed by atoms with Crippen molar-refractivity contribution in [3.63, 3.8) is 0 Å². The number of hydrogen-bond donors (Lipinski definition) is 0. The molecule has 0 atom stereocenters. The van der Waals surface area contributed by atoms with Crippen LogP contribution in [0, 0.1) is 0 Å². The molecule has 0 saturated heterocycles. The summed E-state index contributed by atoms with van der Waals surface area (Å²) in [5.74, 6) is 0. The maximum Gasteiger partial charge on any atom is 0.133 e. The molecule has 0 aliphatic rings. The van der Waals surface area contributed by atoms with Gasteiger partial charge in [0.05, 0.1) is 24.2 Å². The van der Waals surface area contributed by atoms with Gasteiger partial charge in [0.15, 0.2) is 0 Å². The predicted octanol–water partition coefficient (Wildman–Crippen LogP) is 1.01. The van der Waals surface area contributed by atoms with Gasteiger partial charge >= 0.3 is 0 Å². The Bertz CT molecular complexity index is 623. The fraction of sp³-hybridized carbons (Fsp3) is 0.200. The monoisotopic (exact) mass is 214 g/mol. The van der Waals surface area contributed by atoms with Crippen LogP contribution < -0.4 is 0 Å². The Kier molecular flexibility index (Phi) is 1.92. The highest BCUT2D eigenvalue weighted by Gasteiger charge is 2.09. The molecule has 0 radical (unpaired) electrons. The lowest BCUT2D eigenvalue weighted by Gasteiger charge is -1.97. The first-order valence-electron chi connectivity index (χ1n) is 5.05. The molecule has 3 aromatic rings. The molecular weight excluding hydrogens is 204 g/mol. The van der Waals surface area contributed by atoms with Crippen molar-refractivity contribution >= 4 is 5.52 Å². The molecule has 0 aliphatic heterocycles. The van der Waals surface area contributed by atoms with E-state index in [9.17, 15) is 0 Å². The summed E-state index contributed by atoms with van der Waals surface area (Å²) in [4.78, 5) is 8.40. The summed E-state index contributed by atoms with van der Waals surface area (Å²) in [5, 5.41) is 8.10. The van der Waals surface area contributed by atoms with Gasteiger partial charge < -0.3 is 4.40 Å². The standard InChI is InChI=1S/C10H10N6/c1-2-16-6-8(13-14-16)10-9-5-11-7-15(9)4-3-12-10/h3-7H,2H2,1H3. The van der Waals surface area contributed by atoms with Crippen molar-refractivity contribution in [2.24, 2.45) is 0 Å². The van der Waals surface area contributed by atoms with E-state index in [1.54, 1.807) is 23.4 Å². The van der Waals surface area contributed by atoms with Gasteiger partial charge in [-0.1, -0.05) is 5.21 Å². The zero-order chi connectivity index (χ0) is 11.0. The summed E-state index contributed by atoms with van der Waals surface area (Å²) in [6, 6.07) is 0. The minimum atomic E-state index is 0.771. The third-order valence-electron chi connectivity index (χ3n) is 2.44. The normalized spacial score (nSPS) is 11.1. The van der Waals surface area contributed by atoms with E-state index in [0.717, 1.165) is 23.4 Å². The first kappa shape index (κ1) is 9.02. The molecule has 0 aliphatic carbocycles. The Morgan fingerprint density at radius 3 is 3.12 bits per heavy atom. The van der Waals surface area contributed by atoms with Crippen LogP contribution in [0.25, 0.3) is 16.9 Å². The molecule has 0 amide bonds. The molecule has 3 aromatic heterocycles. The van der Waals surface area contributed by atoms with Crippen LogP contribution in [0.2, 0.25) is 0 Å². The molecule has 0 bridgehead atoms. The lowest BCUT2D eigenvalue weighted by atomic mass is 10.3. The second kappa shape index (κ2) is 3.41. The number of hydrogen-bond acceptors (Lipinski definition) is 4. The second-order valence-corrected chi connectivity index (χ2v) is 3.42. The fourth-order valence-corrected chi connectivity index (χ4v) is 1.61. The number of imidazole rings is 1. The minimum Gasteiger partial charge on any atom is -0.303 e. The molecular formula is C10H10N6. The van der Waals surface area contributed by atoms with Crippen molar-refractivity contribution in [1.82, 2.24) is 29.4 Å². The summed E-state index contributed by atoms with van der Waals surface area (Å²) in [6.45, 7) is 2.82. The molecule has 0 N–H and O–H groups in total. The fourth-order valence-electron chi connectivity index (χ4n) is 1.61. The maximum absolute atomic E-state index is 4.32. The van der Waals surface area contributed by atoms with Crippen molar-refractivity contribution in [1.29, 1.82) is 0 Å². The maximum atomic E-state index is 4.32. The van der Waals surface area contributed by atoms with E-state index in [-0.39, 0.29) is 0 Å². The van der Waals surface area contributed by atoms with Crippen LogP contribution in [-0.4, -0.2) is 29.4 Å². The van der Waals surface area contributed by atoms with Crippen molar-refractivity contribution in [2.75, 3.05) is 0 Å². The first-order valence-corrected chi connectivity index (χ1v) is 5.05. The van der Waals surface area contributed by atoms with Crippen LogP contribution in [-0.2, 0) is 6.54 Å². The topological polar surface area (TPSA) is 60.9 Å². The highest BCUT2D eigenvalue weighted by molar-refractivity contribution is 5.72. The molecule has 0 fully saturated rings. The number of fused-ring (bicyclic) bond motifs is 1. The van der Waals surface area contributed by atoms with Crippen molar-refractivity contribution in [3.05, 3.63) is 31.1 Å². The SMILES string of the molecule is CCn1cc(-c2nccn3cncc23)nn1. The third-order valence-corrected chi connectivity index (χ3v) is 2.44. The van der Waals surface area contributed by atoms with Crippen molar-refractivity contribution in [3.8, 4) is 11.4 Å². The highest BCUT2D eigenvalue weighted by atomic mass is 15.4. The lowest BCUT2D eigenvalue weighted by molar-refractivity contribution is 0.627. The van der Waals surface area contributed by atoms with Gasteiger partial charge in [-0.25, -0.2) is 4.98 Å². The van der Waals surface area contributed by atoms with Gasteiger partial charge in [-0.05, 0) is 6.92 Å². The Hall–Kier alpha value is -2.24. The average molecular weight is 214 g/mol. The van der Waals surface area contributed by atoms with E-state index in [1.807, 2.05) is 23.7 Å². The molecule has 6 nitrogen and oxygen atoms in total. The third kappa shape index (κ3) is 1.27. The molecule has 3 rings (SSSR count). The van der Waals surface area contributed by atoms with Crippen molar-refractivity contribution < 1.29 is 0 Å². The second-order valence-electron chi connectivity index (χ2n) is 3.42. The Labute approximate surface area is 91.6 Å². The van der Waals surface area contributed by atoms with Crippen LogP contribution in [0.3, 0.4) is 0 Å². The summed E-state index contributed by atoms with van der Waals surface area (Å²) in [7, 11) is 0. The van der Waals surface area contributed by atoms with Gasteiger partial charge in [-0.15, -0.1) is 5.10 Å². The van der Waals surface area contributed by atoms with Crippen LogP contribution in [0.1, 0.15) is 6.92 Å². The van der Waals surface area contributed by atoms with Crippen LogP contribution in [0.15, 0.2) is 31.1 Å². The van der Waals surface area contributed by atoms with E-state index in [2.05, 4.69) is 20.3 Å². The predicted molar refractivity (Wildman–Crippen MR) is 57.7 cm³/mol. The Balaban J connectivity index is 2.21. The van der Waals surface area contributed by atoms with E-state index < -0.39 is 0 Å². The van der Waals surface area contributed by atoms with E-state index in [1.165, 1.54) is 0 Å². The average Bonchev–Trinajstić information content (AvgIpc) is 2.97. The molecule has 3 heterocycles. The molecule has 0 saturated carbocycles. The van der Waals surface area contributed by atoms with Crippen molar-refractivity contribution in [2.45, 2.75) is 13.5 Å². The summed E-state index contributed by atoms with van der Waals surface area (Å²) < 4.78 is 3.68. The number of aromatic nitrogens is 6. The first-order chi connectivity index (χ1) is 7.88. The number of rotatable bonds is 2. The molecule has 0 aromatic carbocycles. The Morgan fingerprint density at radius 2 is 2.31 bits per heavy atom. The lowest BCUT2D eigenvalue weighted by Crippen LogP contribution is -1.93. The number of aryl methyl sites for hydroxylation is 1.